The zero-order valence-electron chi connectivity index (χ0n) is 8.54. The largest absolute Gasteiger partial charge is 0.412 e. The number of aliphatic imine (C=N–C) groups is 2. The summed E-state index contributed by atoms with van der Waals surface area (Å²) in [7, 11) is 0. The molecule has 0 unspecified atom stereocenters. The monoisotopic (exact) mass is 216 g/mol. The van der Waals surface area contributed by atoms with Crippen molar-refractivity contribution >= 4 is 12.4 Å². The molecule has 0 fully saturated rings. The lowest BCUT2D eigenvalue weighted by Gasteiger charge is -1.93. The van der Waals surface area contributed by atoms with Crippen LogP contribution in [0.25, 0.3) is 0 Å². The molecule has 0 aromatic rings. The average molecular weight is 216 g/mol. The van der Waals surface area contributed by atoms with Gasteiger partial charge in [-0.2, -0.15) is 0 Å². The van der Waals surface area contributed by atoms with Crippen molar-refractivity contribution in [3.05, 3.63) is 0 Å². The topological polar surface area (TPSA) is 189 Å². The maximum atomic E-state index is 3.99. The molecule has 14 heavy (non-hydrogen) atoms. The van der Waals surface area contributed by atoms with Gasteiger partial charge in [-0.05, 0) is 33.2 Å². The molecule has 0 spiro atoms. The molecule has 0 amide bonds. The van der Waals surface area contributed by atoms with Gasteiger partial charge in [-0.15, -0.1) is 0 Å². The predicted molar refractivity (Wildman–Crippen MR) is 65.4 cm³/mol. The van der Waals surface area contributed by atoms with Gasteiger partial charge in [-0.1, -0.05) is 7.43 Å². The molecule has 7 heteroatoms. The van der Waals surface area contributed by atoms with Crippen LogP contribution in [0.15, 0.2) is 9.98 Å². The molecule has 0 rings (SSSR count). The van der Waals surface area contributed by atoms with Crippen LogP contribution in [0.1, 0.15) is 28.2 Å². The van der Waals surface area contributed by atoms with Crippen molar-refractivity contribution in [2.75, 3.05) is 0 Å². The Bertz CT molecular complexity index is 97.1. The van der Waals surface area contributed by atoms with Crippen LogP contribution in [-0.2, 0) is 0 Å². The standard InChI is InChI=1S/C6H12N2.CH4.2H3N.3H2O/c1-4-7-6(3)8-5-2;;;;;;/h4-6H,1-3H3;1H4;2*1H3;3*1H2. The van der Waals surface area contributed by atoms with E-state index in [1.54, 1.807) is 12.4 Å². The lowest BCUT2D eigenvalue weighted by Crippen LogP contribution is -1.90. The van der Waals surface area contributed by atoms with Crippen molar-refractivity contribution in [2.45, 2.75) is 34.4 Å². The Hall–Kier alpha value is -0.860. The van der Waals surface area contributed by atoms with Gasteiger partial charge in [0.15, 0.2) is 0 Å². The summed E-state index contributed by atoms with van der Waals surface area (Å²) in [6.45, 7) is 5.73. The Balaban J connectivity index is -0.0000000163. The Labute approximate surface area is 86.4 Å². The molecular formula is C7H28N4O3. The molecular weight excluding hydrogens is 188 g/mol. The van der Waals surface area contributed by atoms with Crippen LogP contribution in [-0.4, -0.2) is 35.0 Å². The van der Waals surface area contributed by atoms with Gasteiger partial charge >= 0.3 is 0 Å². The molecule has 0 aliphatic rings. The first kappa shape index (κ1) is 51.4. The van der Waals surface area contributed by atoms with Crippen molar-refractivity contribution in [1.29, 1.82) is 0 Å². The zero-order chi connectivity index (χ0) is 6.41. The number of nitrogens with zero attached hydrogens (tertiary/aromatic N) is 2. The van der Waals surface area contributed by atoms with E-state index in [0.29, 0.717) is 0 Å². The Morgan fingerprint density at radius 2 is 1.07 bits per heavy atom. The van der Waals surface area contributed by atoms with Crippen LogP contribution >= 0.6 is 0 Å². The Morgan fingerprint density at radius 3 is 1.21 bits per heavy atom. The third kappa shape index (κ3) is 43.4. The first-order chi connectivity index (χ1) is 3.81. The summed E-state index contributed by atoms with van der Waals surface area (Å²) in [5, 5.41) is 0. The second kappa shape index (κ2) is 40.0. The van der Waals surface area contributed by atoms with E-state index < -0.39 is 0 Å². The molecule has 0 radical (unpaired) electrons. The first-order valence-electron chi connectivity index (χ1n) is 2.76. The number of hydrogen-bond acceptors (Lipinski definition) is 4. The molecule has 7 nitrogen and oxygen atoms in total. The van der Waals surface area contributed by atoms with Gasteiger partial charge in [-0.3, -0.25) is 9.98 Å². The quantitative estimate of drug-likeness (QED) is 0.614. The molecule has 0 aliphatic carbocycles. The summed E-state index contributed by atoms with van der Waals surface area (Å²) < 4.78 is 0. The second-order valence-electron chi connectivity index (χ2n) is 1.45. The minimum absolute atomic E-state index is 0. The van der Waals surface area contributed by atoms with E-state index in [0.717, 1.165) is 0 Å². The maximum absolute atomic E-state index is 3.99. The smallest absolute Gasteiger partial charge is 0.135 e. The molecule has 12 N–H and O–H groups in total. The maximum Gasteiger partial charge on any atom is 0.135 e. The Kier molecular flexibility index (Phi) is 147. The third-order valence-electron chi connectivity index (χ3n) is 0.730. The third-order valence-corrected chi connectivity index (χ3v) is 0.730. The fraction of sp³-hybridized carbons (Fsp3) is 0.714. The van der Waals surface area contributed by atoms with Gasteiger partial charge in [0.2, 0.25) is 0 Å². The summed E-state index contributed by atoms with van der Waals surface area (Å²) in [5.41, 5.74) is 0. The molecule has 94 valence electrons. The van der Waals surface area contributed by atoms with E-state index in [1.807, 2.05) is 20.8 Å². The highest BCUT2D eigenvalue weighted by atomic mass is 16.0. The second-order valence-corrected chi connectivity index (χ2v) is 1.45. The lowest BCUT2D eigenvalue weighted by molar-refractivity contribution is 0.802. The molecule has 0 saturated heterocycles. The van der Waals surface area contributed by atoms with Crippen LogP contribution in [0.5, 0.6) is 0 Å². The molecule has 0 aromatic heterocycles. The molecule has 0 heterocycles. The fourth-order valence-corrected chi connectivity index (χ4v) is 0.470. The van der Waals surface area contributed by atoms with Crippen LogP contribution in [0, 0.1) is 0 Å². The fourth-order valence-electron chi connectivity index (χ4n) is 0.470. The van der Waals surface area contributed by atoms with Crippen molar-refractivity contribution in [3.63, 3.8) is 0 Å². The van der Waals surface area contributed by atoms with E-state index in [-0.39, 0.29) is 42.3 Å². The van der Waals surface area contributed by atoms with E-state index in [9.17, 15) is 0 Å². The minimum atomic E-state index is 0. The summed E-state index contributed by atoms with van der Waals surface area (Å²) in [6, 6.07) is 0. The van der Waals surface area contributed by atoms with E-state index in [2.05, 4.69) is 9.98 Å². The summed E-state index contributed by atoms with van der Waals surface area (Å²) in [5.74, 6) is 0. The van der Waals surface area contributed by atoms with Gasteiger partial charge in [0.25, 0.3) is 0 Å². The van der Waals surface area contributed by atoms with Gasteiger partial charge in [-0.25, -0.2) is 0 Å². The van der Waals surface area contributed by atoms with Crippen molar-refractivity contribution < 1.29 is 16.4 Å². The van der Waals surface area contributed by atoms with Crippen molar-refractivity contribution in [1.82, 2.24) is 12.3 Å². The van der Waals surface area contributed by atoms with Crippen LogP contribution in [0.3, 0.4) is 0 Å². The Morgan fingerprint density at radius 1 is 0.857 bits per heavy atom. The lowest BCUT2D eigenvalue weighted by atomic mass is 10.6. The normalized spacial score (nSPS) is 9.07. The summed E-state index contributed by atoms with van der Waals surface area (Å²) >= 11 is 0. The van der Waals surface area contributed by atoms with Crippen LogP contribution in [0.2, 0.25) is 0 Å². The van der Waals surface area contributed by atoms with Gasteiger partial charge in [0.1, 0.15) is 6.17 Å². The highest BCUT2D eigenvalue weighted by Crippen LogP contribution is 1.86. The van der Waals surface area contributed by atoms with E-state index in [4.69, 9.17) is 0 Å². The van der Waals surface area contributed by atoms with Gasteiger partial charge in [0, 0.05) is 0 Å². The molecule has 0 aromatic carbocycles. The van der Waals surface area contributed by atoms with Gasteiger partial charge < -0.3 is 28.7 Å². The first-order valence-corrected chi connectivity index (χ1v) is 2.76. The molecule has 0 saturated carbocycles. The highest BCUT2D eigenvalue weighted by Gasteiger charge is 1.84. The van der Waals surface area contributed by atoms with Crippen molar-refractivity contribution in [2.24, 2.45) is 9.98 Å². The van der Waals surface area contributed by atoms with Crippen LogP contribution in [0.4, 0.5) is 0 Å². The van der Waals surface area contributed by atoms with Crippen LogP contribution < -0.4 is 12.3 Å². The molecule has 0 atom stereocenters. The number of hydrogen-bond donors (Lipinski definition) is 2. The summed E-state index contributed by atoms with van der Waals surface area (Å²) in [6.07, 6.45) is 3.62. The molecule has 0 bridgehead atoms. The van der Waals surface area contributed by atoms with Crippen molar-refractivity contribution in [3.8, 4) is 0 Å². The molecule has 0 aliphatic heterocycles. The van der Waals surface area contributed by atoms with E-state index >= 15 is 0 Å². The average Bonchev–Trinajstić information content (AvgIpc) is 1.68. The summed E-state index contributed by atoms with van der Waals surface area (Å²) in [4.78, 5) is 7.98. The van der Waals surface area contributed by atoms with Gasteiger partial charge in [0.05, 0.1) is 0 Å². The number of rotatable bonds is 2. The zero-order valence-corrected chi connectivity index (χ0v) is 8.54. The SMILES string of the molecule is C.CC=NC(C)N=CC.N.N.O.O.O. The predicted octanol–water partition coefficient (Wildman–Crippen LogP) is -0.000200. The highest BCUT2D eigenvalue weighted by molar-refractivity contribution is 5.55. The van der Waals surface area contributed by atoms with E-state index in [1.165, 1.54) is 0 Å². The minimum Gasteiger partial charge on any atom is -0.412 e.